The molecule has 0 N–H and O–H groups in total. The zero-order valence-electron chi connectivity index (χ0n) is 9.62. The summed E-state index contributed by atoms with van der Waals surface area (Å²) in [6.45, 7) is 4.49. The molecule has 0 spiro atoms. The summed E-state index contributed by atoms with van der Waals surface area (Å²) in [7, 11) is 6.13. The van der Waals surface area contributed by atoms with Gasteiger partial charge in [-0.15, -0.1) is 0 Å². The summed E-state index contributed by atoms with van der Waals surface area (Å²) >= 11 is 0. The molecular weight excluding hydrogens is 191 g/mol. The molecule has 0 amide bonds. The molecule has 0 saturated heterocycles. The predicted molar refractivity (Wildman–Crippen MR) is 69.4 cm³/mol. The Bertz CT molecular complexity index is 567. The summed E-state index contributed by atoms with van der Waals surface area (Å²) in [5.74, 6) is 0. The molecular formula is C15H13B. The second-order valence-corrected chi connectivity index (χ2v) is 4.94. The lowest BCUT2D eigenvalue weighted by Crippen LogP contribution is -2.24. The normalized spacial score (nSPS) is 15.6. The van der Waals surface area contributed by atoms with E-state index in [4.69, 9.17) is 7.85 Å². The van der Waals surface area contributed by atoms with E-state index in [1.807, 2.05) is 12.1 Å². The Balaban J connectivity index is 2.44. The fourth-order valence-electron chi connectivity index (χ4n) is 2.89. The Kier molecular flexibility index (Phi) is 1.82. The van der Waals surface area contributed by atoms with E-state index in [0.717, 1.165) is 5.46 Å². The molecule has 1 aliphatic rings. The molecule has 1 aliphatic carbocycles. The van der Waals surface area contributed by atoms with Gasteiger partial charge >= 0.3 is 0 Å². The molecule has 0 heterocycles. The lowest BCUT2D eigenvalue weighted by molar-refractivity contribution is 0.664. The zero-order valence-corrected chi connectivity index (χ0v) is 9.62. The monoisotopic (exact) mass is 204 g/mol. The molecule has 0 saturated carbocycles. The number of rotatable bonds is 0. The van der Waals surface area contributed by atoms with Gasteiger partial charge in [-0.1, -0.05) is 61.8 Å². The summed E-state index contributed by atoms with van der Waals surface area (Å²) in [6.07, 6.45) is 0. The molecule has 1 heteroatoms. The Hall–Kier alpha value is -1.50. The van der Waals surface area contributed by atoms with E-state index in [9.17, 15) is 0 Å². The van der Waals surface area contributed by atoms with E-state index in [1.165, 1.54) is 22.3 Å². The first-order valence-corrected chi connectivity index (χ1v) is 5.61. The van der Waals surface area contributed by atoms with Crippen molar-refractivity contribution in [1.82, 2.24) is 0 Å². The van der Waals surface area contributed by atoms with E-state index in [1.54, 1.807) is 0 Å². The number of benzene rings is 2. The third kappa shape index (κ3) is 1.06. The van der Waals surface area contributed by atoms with Gasteiger partial charge in [0.15, 0.2) is 0 Å². The van der Waals surface area contributed by atoms with Crippen LogP contribution in [0.3, 0.4) is 0 Å². The fourth-order valence-corrected chi connectivity index (χ4v) is 2.89. The van der Waals surface area contributed by atoms with Gasteiger partial charge in [0.1, 0.15) is 7.85 Å². The molecule has 2 radical (unpaired) electrons. The Morgan fingerprint density at radius 1 is 0.875 bits per heavy atom. The van der Waals surface area contributed by atoms with Crippen LogP contribution in [0.1, 0.15) is 25.0 Å². The SMILES string of the molecule is [B]c1cccc2c1C(C)(C)c1ccccc1-2. The van der Waals surface area contributed by atoms with Crippen molar-refractivity contribution in [2.45, 2.75) is 19.3 Å². The first-order valence-electron chi connectivity index (χ1n) is 5.61. The van der Waals surface area contributed by atoms with Crippen LogP contribution in [0.5, 0.6) is 0 Å². The molecule has 0 nitrogen and oxygen atoms in total. The highest BCUT2D eigenvalue weighted by atomic mass is 14.4. The highest BCUT2D eigenvalue weighted by Gasteiger charge is 2.35. The van der Waals surface area contributed by atoms with Gasteiger partial charge in [-0.05, 0) is 22.3 Å². The highest BCUT2D eigenvalue weighted by Crippen LogP contribution is 2.47. The molecule has 0 bridgehead atoms. The first-order chi connectivity index (χ1) is 7.62. The van der Waals surface area contributed by atoms with Crippen molar-refractivity contribution in [2.75, 3.05) is 0 Å². The number of hydrogen-bond donors (Lipinski definition) is 0. The Morgan fingerprint density at radius 2 is 1.56 bits per heavy atom. The van der Waals surface area contributed by atoms with E-state index in [0.29, 0.717) is 0 Å². The van der Waals surface area contributed by atoms with Crippen LogP contribution in [-0.2, 0) is 5.41 Å². The van der Waals surface area contributed by atoms with E-state index in [2.05, 4.69) is 44.2 Å². The number of hydrogen-bond acceptors (Lipinski definition) is 0. The van der Waals surface area contributed by atoms with E-state index < -0.39 is 0 Å². The molecule has 0 fully saturated rings. The molecule has 2 aromatic rings. The molecule has 0 unspecified atom stereocenters. The summed E-state index contributed by atoms with van der Waals surface area (Å²) in [5.41, 5.74) is 6.20. The van der Waals surface area contributed by atoms with Crippen LogP contribution in [0, 0.1) is 0 Å². The van der Waals surface area contributed by atoms with Gasteiger partial charge in [0, 0.05) is 5.41 Å². The maximum Gasteiger partial charge on any atom is 0.114 e. The van der Waals surface area contributed by atoms with Gasteiger partial charge in [-0.25, -0.2) is 0 Å². The van der Waals surface area contributed by atoms with Crippen LogP contribution in [0.4, 0.5) is 0 Å². The van der Waals surface area contributed by atoms with Crippen molar-refractivity contribution >= 4 is 13.3 Å². The minimum absolute atomic E-state index is 0.0251. The minimum atomic E-state index is 0.0251. The van der Waals surface area contributed by atoms with Crippen LogP contribution in [0.25, 0.3) is 11.1 Å². The largest absolute Gasteiger partial charge is 0.114 e. The van der Waals surface area contributed by atoms with Gasteiger partial charge in [0.05, 0.1) is 0 Å². The summed E-state index contributed by atoms with van der Waals surface area (Å²) in [4.78, 5) is 0. The smallest absolute Gasteiger partial charge is 0.0920 e. The number of fused-ring (bicyclic) bond motifs is 3. The van der Waals surface area contributed by atoms with Crippen molar-refractivity contribution in [3.8, 4) is 11.1 Å². The maximum atomic E-state index is 6.13. The third-order valence-corrected chi connectivity index (χ3v) is 3.61. The fraction of sp³-hybridized carbons (Fsp3) is 0.200. The van der Waals surface area contributed by atoms with Crippen LogP contribution in [0.2, 0.25) is 0 Å². The second-order valence-electron chi connectivity index (χ2n) is 4.94. The van der Waals surface area contributed by atoms with Crippen LogP contribution in [-0.4, -0.2) is 7.85 Å². The van der Waals surface area contributed by atoms with Gasteiger partial charge in [-0.3, -0.25) is 0 Å². The molecule has 0 aromatic heterocycles. The standard InChI is InChI=1S/C15H13B/c1-15(2)12-8-4-3-6-10(12)11-7-5-9-13(16)14(11)15/h3-9H,1-2H3. The first kappa shape index (κ1) is 9.71. The summed E-state index contributed by atoms with van der Waals surface area (Å²) in [5, 5.41) is 0. The Labute approximate surface area is 97.7 Å². The third-order valence-electron chi connectivity index (χ3n) is 3.61. The lowest BCUT2D eigenvalue weighted by Gasteiger charge is -2.23. The lowest BCUT2D eigenvalue weighted by atomic mass is 9.75. The molecule has 2 aromatic carbocycles. The molecule has 16 heavy (non-hydrogen) atoms. The quantitative estimate of drug-likeness (QED) is 0.579. The summed E-state index contributed by atoms with van der Waals surface area (Å²) in [6, 6.07) is 14.8. The average molecular weight is 204 g/mol. The zero-order chi connectivity index (χ0) is 11.3. The topological polar surface area (TPSA) is 0 Å². The van der Waals surface area contributed by atoms with E-state index in [-0.39, 0.29) is 5.41 Å². The van der Waals surface area contributed by atoms with Crippen LogP contribution >= 0.6 is 0 Å². The van der Waals surface area contributed by atoms with Crippen LogP contribution in [0.15, 0.2) is 42.5 Å². The molecule has 76 valence electrons. The van der Waals surface area contributed by atoms with Gasteiger partial charge in [0.25, 0.3) is 0 Å². The summed E-state index contributed by atoms with van der Waals surface area (Å²) < 4.78 is 0. The Morgan fingerprint density at radius 3 is 2.38 bits per heavy atom. The van der Waals surface area contributed by atoms with Gasteiger partial charge < -0.3 is 0 Å². The predicted octanol–water partition coefficient (Wildman–Crippen LogP) is 2.79. The van der Waals surface area contributed by atoms with Crippen molar-refractivity contribution in [1.29, 1.82) is 0 Å². The maximum absolute atomic E-state index is 6.13. The highest BCUT2D eigenvalue weighted by molar-refractivity contribution is 6.34. The van der Waals surface area contributed by atoms with Gasteiger partial charge in [-0.2, -0.15) is 0 Å². The average Bonchev–Trinajstić information content (AvgIpc) is 2.50. The van der Waals surface area contributed by atoms with Crippen molar-refractivity contribution in [3.05, 3.63) is 53.6 Å². The molecule has 0 aliphatic heterocycles. The van der Waals surface area contributed by atoms with Crippen molar-refractivity contribution in [3.63, 3.8) is 0 Å². The van der Waals surface area contributed by atoms with Gasteiger partial charge in [0.2, 0.25) is 0 Å². The second kappa shape index (κ2) is 3.01. The van der Waals surface area contributed by atoms with E-state index >= 15 is 0 Å². The molecule has 0 atom stereocenters. The van der Waals surface area contributed by atoms with Crippen molar-refractivity contribution < 1.29 is 0 Å². The molecule has 3 rings (SSSR count). The van der Waals surface area contributed by atoms with Crippen molar-refractivity contribution in [2.24, 2.45) is 0 Å². The van der Waals surface area contributed by atoms with Crippen LogP contribution < -0.4 is 5.46 Å². The minimum Gasteiger partial charge on any atom is -0.0920 e.